The largest absolute Gasteiger partial charge is 0.465 e. The van der Waals surface area contributed by atoms with Gasteiger partial charge in [0.2, 0.25) is 0 Å². The Labute approximate surface area is 127 Å². The van der Waals surface area contributed by atoms with Crippen LogP contribution in [0.1, 0.15) is 37.9 Å². The molecule has 1 aliphatic heterocycles. The maximum absolute atomic E-state index is 11.5. The van der Waals surface area contributed by atoms with Crippen LogP contribution in [0.2, 0.25) is 5.02 Å². The van der Waals surface area contributed by atoms with Gasteiger partial charge >= 0.3 is 6.09 Å². The Morgan fingerprint density at radius 2 is 2.10 bits per heavy atom. The van der Waals surface area contributed by atoms with Crippen LogP contribution in [0, 0.1) is 15.5 Å². The van der Waals surface area contributed by atoms with Crippen LogP contribution in [0.4, 0.5) is 10.5 Å². The number of nitro groups is 1. The molecule has 0 saturated heterocycles. The summed E-state index contributed by atoms with van der Waals surface area (Å²) in [5.41, 5.74) is 1.08. The number of nitrogens with zero attached hydrogens (tertiary/aromatic N) is 2. The number of carboxylic acid groups (broad SMARTS) is 1. The number of hydrogen-bond donors (Lipinski definition) is 1. The normalized spacial score (nSPS) is 18.3. The minimum atomic E-state index is -0.991. The van der Waals surface area contributed by atoms with E-state index in [1.807, 2.05) is 20.8 Å². The van der Waals surface area contributed by atoms with Crippen LogP contribution >= 0.6 is 11.6 Å². The molecule has 0 saturated carbocycles. The molecule has 1 aromatic rings. The fourth-order valence-corrected chi connectivity index (χ4v) is 3.15. The van der Waals surface area contributed by atoms with Crippen molar-refractivity contribution in [2.45, 2.75) is 33.2 Å². The smallest absolute Gasteiger partial charge is 0.407 e. The van der Waals surface area contributed by atoms with Crippen LogP contribution in [0.25, 0.3) is 0 Å². The Morgan fingerprint density at radius 3 is 2.57 bits per heavy atom. The van der Waals surface area contributed by atoms with E-state index in [1.165, 1.54) is 11.0 Å². The van der Waals surface area contributed by atoms with E-state index in [9.17, 15) is 20.0 Å². The molecule has 1 aliphatic rings. The zero-order valence-electron chi connectivity index (χ0n) is 12.1. The highest BCUT2D eigenvalue weighted by Gasteiger charge is 2.39. The average Bonchev–Trinajstić information content (AvgIpc) is 2.34. The molecule has 1 heterocycles. The first-order valence-corrected chi connectivity index (χ1v) is 6.97. The van der Waals surface area contributed by atoms with Crippen LogP contribution in [-0.2, 0) is 6.42 Å². The molecule has 7 heteroatoms. The Balaban J connectivity index is 2.61. The van der Waals surface area contributed by atoms with Crippen molar-refractivity contribution >= 4 is 23.4 Å². The number of amides is 1. The van der Waals surface area contributed by atoms with E-state index in [1.54, 1.807) is 6.07 Å². The second kappa shape index (κ2) is 5.18. The number of halogens is 1. The fourth-order valence-electron chi connectivity index (χ4n) is 2.91. The highest BCUT2D eigenvalue weighted by atomic mass is 35.5. The highest BCUT2D eigenvalue weighted by Crippen LogP contribution is 2.44. The molecule has 6 nitrogen and oxygen atoms in total. The molecule has 1 aromatic carbocycles. The number of hydrogen-bond acceptors (Lipinski definition) is 3. The summed E-state index contributed by atoms with van der Waals surface area (Å²) in [5, 5.41) is 20.4. The molecule has 0 aliphatic carbocycles. The standard InChI is InChI=1S/C14H17ClN2O4/c1-14(2,3)12-9-7-10(15)11(17(20)21)6-8(9)4-5-16(12)13(18)19/h6-7,12H,4-5H2,1-3H3,(H,18,19). The van der Waals surface area contributed by atoms with Gasteiger partial charge in [-0.3, -0.25) is 10.1 Å². The van der Waals surface area contributed by atoms with E-state index in [-0.39, 0.29) is 22.2 Å². The molecule has 0 aromatic heterocycles. The first-order valence-electron chi connectivity index (χ1n) is 6.59. The number of fused-ring (bicyclic) bond motifs is 1. The topological polar surface area (TPSA) is 83.7 Å². The zero-order chi connectivity index (χ0) is 15.9. The van der Waals surface area contributed by atoms with Crippen LogP contribution in [0.5, 0.6) is 0 Å². The quantitative estimate of drug-likeness (QED) is 0.630. The fraction of sp³-hybridized carbons (Fsp3) is 0.500. The monoisotopic (exact) mass is 312 g/mol. The first-order chi connectivity index (χ1) is 9.62. The predicted octanol–water partition coefficient (Wildman–Crippen LogP) is 3.87. The van der Waals surface area contributed by atoms with Crippen molar-refractivity contribution in [2.24, 2.45) is 5.41 Å². The van der Waals surface area contributed by atoms with Crippen molar-refractivity contribution in [2.75, 3.05) is 6.54 Å². The van der Waals surface area contributed by atoms with Crippen LogP contribution < -0.4 is 0 Å². The minimum absolute atomic E-state index is 0.0419. The molecular weight excluding hydrogens is 296 g/mol. The summed E-state index contributed by atoms with van der Waals surface area (Å²) >= 11 is 5.99. The summed E-state index contributed by atoms with van der Waals surface area (Å²) < 4.78 is 0. The van der Waals surface area contributed by atoms with Crippen molar-refractivity contribution in [1.29, 1.82) is 0 Å². The van der Waals surface area contributed by atoms with E-state index in [4.69, 9.17) is 11.6 Å². The summed E-state index contributed by atoms with van der Waals surface area (Å²) in [6.07, 6.45) is -0.540. The Hall–Kier alpha value is -1.82. The van der Waals surface area contributed by atoms with Crippen molar-refractivity contribution in [1.82, 2.24) is 4.90 Å². The summed E-state index contributed by atoms with van der Waals surface area (Å²) in [7, 11) is 0. The third-order valence-corrected chi connectivity index (χ3v) is 4.00. The van der Waals surface area contributed by atoms with E-state index in [0.717, 1.165) is 11.1 Å². The second-order valence-corrected chi connectivity index (χ2v) is 6.66. The maximum atomic E-state index is 11.5. The Morgan fingerprint density at radius 1 is 1.48 bits per heavy atom. The lowest BCUT2D eigenvalue weighted by Crippen LogP contribution is -2.44. The molecule has 21 heavy (non-hydrogen) atoms. The first kappa shape index (κ1) is 15.6. The number of rotatable bonds is 1. The number of carbonyl (C=O) groups is 1. The summed E-state index contributed by atoms with van der Waals surface area (Å²) in [4.78, 5) is 23.3. The zero-order valence-corrected chi connectivity index (χ0v) is 12.8. The SMILES string of the molecule is CC(C)(C)C1c2cc(Cl)c([N+](=O)[O-])cc2CCN1C(=O)O. The lowest BCUT2D eigenvalue weighted by atomic mass is 9.77. The van der Waals surface area contributed by atoms with E-state index < -0.39 is 11.0 Å². The molecule has 1 N–H and O–H groups in total. The van der Waals surface area contributed by atoms with Gasteiger partial charge in [-0.25, -0.2) is 4.79 Å². The van der Waals surface area contributed by atoms with Gasteiger partial charge in [0.05, 0.1) is 11.0 Å². The summed E-state index contributed by atoms with van der Waals surface area (Å²) in [6, 6.07) is 2.63. The van der Waals surface area contributed by atoms with Gasteiger partial charge in [0.15, 0.2) is 0 Å². The molecule has 1 unspecified atom stereocenters. The van der Waals surface area contributed by atoms with Gasteiger partial charge in [-0.1, -0.05) is 32.4 Å². The molecule has 0 fully saturated rings. The van der Waals surface area contributed by atoms with E-state index >= 15 is 0 Å². The van der Waals surface area contributed by atoms with Crippen molar-refractivity contribution < 1.29 is 14.8 Å². The minimum Gasteiger partial charge on any atom is -0.465 e. The van der Waals surface area contributed by atoms with Gasteiger partial charge in [-0.05, 0) is 29.0 Å². The van der Waals surface area contributed by atoms with Crippen molar-refractivity contribution in [3.8, 4) is 0 Å². The van der Waals surface area contributed by atoms with Crippen LogP contribution in [0.3, 0.4) is 0 Å². The lowest BCUT2D eigenvalue weighted by Gasteiger charge is -2.43. The van der Waals surface area contributed by atoms with Crippen molar-refractivity contribution in [3.63, 3.8) is 0 Å². The molecule has 114 valence electrons. The van der Waals surface area contributed by atoms with Gasteiger partial charge in [0, 0.05) is 12.6 Å². The molecule has 1 amide bonds. The Kier molecular flexibility index (Phi) is 3.84. The van der Waals surface area contributed by atoms with Gasteiger partial charge in [0.1, 0.15) is 5.02 Å². The summed E-state index contributed by atoms with van der Waals surface area (Å²) in [6.45, 7) is 6.15. The summed E-state index contributed by atoms with van der Waals surface area (Å²) in [5.74, 6) is 0. The van der Waals surface area contributed by atoms with Crippen molar-refractivity contribution in [3.05, 3.63) is 38.4 Å². The maximum Gasteiger partial charge on any atom is 0.407 e. The van der Waals surface area contributed by atoms with E-state index in [0.29, 0.717) is 13.0 Å². The van der Waals surface area contributed by atoms with Gasteiger partial charge in [-0.15, -0.1) is 0 Å². The van der Waals surface area contributed by atoms with Crippen LogP contribution in [-0.4, -0.2) is 27.6 Å². The third-order valence-electron chi connectivity index (χ3n) is 3.70. The molecule has 0 radical (unpaired) electrons. The number of nitro benzene ring substituents is 1. The molecular formula is C14H17ClN2O4. The predicted molar refractivity (Wildman–Crippen MR) is 78.7 cm³/mol. The lowest BCUT2D eigenvalue weighted by molar-refractivity contribution is -0.384. The average molecular weight is 313 g/mol. The third kappa shape index (κ3) is 2.81. The molecule has 0 spiro atoms. The van der Waals surface area contributed by atoms with Gasteiger partial charge in [0.25, 0.3) is 5.69 Å². The van der Waals surface area contributed by atoms with Gasteiger partial charge in [-0.2, -0.15) is 0 Å². The molecule has 0 bridgehead atoms. The second-order valence-electron chi connectivity index (χ2n) is 6.25. The van der Waals surface area contributed by atoms with Crippen LogP contribution in [0.15, 0.2) is 12.1 Å². The molecule has 2 rings (SSSR count). The highest BCUT2D eigenvalue weighted by molar-refractivity contribution is 6.32. The Bertz CT molecular complexity index is 610. The molecule has 1 atom stereocenters. The number of benzene rings is 1. The van der Waals surface area contributed by atoms with E-state index in [2.05, 4.69) is 0 Å². The van der Waals surface area contributed by atoms with Gasteiger partial charge < -0.3 is 10.0 Å².